The zero-order valence-electron chi connectivity index (χ0n) is 16.9. The van der Waals surface area contributed by atoms with Crippen molar-refractivity contribution in [3.05, 3.63) is 29.3 Å². The van der Waals surface area contributed by atoms with Crippen LogP contribution in [-0.4, -0.2) is 73.0 Å². The molecule has 2 rings (SSSR count). The van der Waals surface area contributed by atoms with Crippen molar-refractivity contribution in [1.82, 2.24) is 9.21 Å². The summed E-state index contributed by atoms with van der Waals surface area (Å²) in [7, 11) is -2.40. The number of hydrogen-bond acceptors (Lipinski definition) is 6. The number of hydrogen-bond donors (Lipinski definition) is 1. The average Bonchev–Trinajstić information content (AvgIpc) is 3.03. The van der Waals surface area contributed by atoms with Crippen LogP contribution in [0.1, 0.15) is 31.4 Å². The molecule has 1 aliphatic rings. The maximum absolute atomic E-state index is 13.0. The molecular formula is C19H28N2O6S. The molecule has 0 aromatic heterocycles. The molecule has 0 aliphatic carbocycles. The quantitative estimate of drug-likeness (QED) is 0.695. The van der Waals surface area contributed by atoms with Gasteiger partial charge in [0.05, 0.1) is 11.0 Å². The van der Waals surface area contributed by atoms with Crippen LogP contribution in [-0.2, 0) is 24.3 Å². The topological polar surface area (TPSA) is 104 Å². The maximum Gasteiger partial charge on any atom is 0.325 e. The molecule has 1 fully saturated rings. The zero-order valence-corrected chi connectivity index (χ0v) is 17.7. The lowest BCUT2D eigenvalue weighted by molar-refractivity contribution is -0.154. The number of nitrogens with zero attached hydrogens (tertiary/aromatic N) is 2. The van der Waals surface area contributed by atoms with E-state index in [4.69, 9.17) is 4.74 Å². The molecule has 156 valence electrons. The number of β-amino-alcohol motifs (C(OH)–C–C–N with tert-alkyl or cyclic N) is 1. The fraction of sp³-hybridized carbons (Fsp3) is 0.579. The van der Waals surface area contributed by atoms with Crippen LogP contribution in [0.3, 0.4) is 0 Å². The third kappa shape index (κ3) is 4.71. The molecule has 0 saturated carbocycles. The summed E-state index contributed by atoms with van der Waals surface area (Å²) < 4.78 is 32.1. The molecule has 2 atom stereocenters. The number of aliphatic hydroxyl groups is 1. The number of amides is 1. The minimum absolute atomic E-state index is 0.0538. The molecule has 1 aromatic rings. The molecule has 0 radical (unpaired) electrons. The van der Waals surface area contributed by atoms with Crippen molar-refractivity contribution in [3.63, 3.8) is 0 Å². The van der Waals surface area contributed by atoms with E-state index in [0.717, 1.165) is 15.4 Å². The van der Waals surface area contributed by atoms with Crippen LogP contribution in [0.5, 0.6) is 0 Å². The van der Waals surface area contributed by atoms with Crippen molar-refractivity contribution in [1.29, 1.82) is 0 Å². The van der Waals surface area contributed by atoms with Gasteiger partial charge in [-0.25, -0.2) is 8.42 Å². The number of aliphatic hydroxyl groups excluding tert-OH is 1. The number of sulfonamides is 1. The second kappa shape index (κ2) is 8.59. The van der Waals surface area contributed by atoms with Gasteiger partial charge in [-0.3, -0.25) is 9.59 Å². The highest BCUT2D eigenvalue weighted by Crippen LogP contribution is 2.28. The van der Waals surface area contributed by atoms with Crippen LogP contribution in [0, 0.1) is 13.8 Å². The first kappa shape index (κ1) is 22.3. The van der Waals surface area contributed by atoms with E-state index >= 15 is 0 Å². The van der Waals surface area contributed by atoms with Crippen LogP contribution in [0.15, 0.2) is 23.1 Å². The molecule has 1 heterocycles. The predicted octanol–water partition coefficient (Wildman–Crippen LogP) is 0.837. The molecule has 28 heavy (non-hydrogen) atoms. The number of carbonyl (C=O) groups is 2. The number of ether oxygens (including phenoxy) is 1. The molecule has 1 unspecified atom stereocenters. The molecule has 0 spiro atoms. The zero-order chi connectivity index (χ0) is 21.2. The van der Waals surface area contributed by atoms with Gasteiger partial charge in [0.15, 0.2) is 6.61 Å². The average molecular weight is 413 g/mol. The lowest BCUT2D eigenvalue weighted by Crippen LogP contribution is -2.43. The minimum Gasteiger partial charge on any atom is -0.454 e. The van der Waals surface area contributed by atoms with Gasteiger partial charge in [-0.15, -0.1) is 0 Å². The second-order valence-corrected chi connectivity index (χ2v) is 9.32. The largest absolute Gasteiger partial charge is 0.454 e. The molecule has 1 aromatic carbocycles. The van der Waals surface area contributed by atoms with Gasteiger partial charge in [-0.05, 0) is 51.0 Å². The highest BCUT2D eigenvalue weighted by atomic mass is 32.2. The van der Waals surface area contributed by atoms with Gasteiger partial charge < -0.3 is 14.7 Å². The monoisotopic (exact) mass is 412 g/mol. The number of rotatable bonds is 6. The van der Waals surface area contributed by atoms with Gasteiger partial charge in [0.1, 0.15) is 6.04 Å². The summed E-state index contributed by atoms with van der Waals surface area (Å²) in [5.74, 6) is -1.22. The number of carbonyl (C=O) groups excluding carboxylic acids is 2. The number of esters is 1. The molecular weight excluding hydrogens is 384 g/mol. The Hall–Kier alpha value is -1.97. The highest BCUT2D eigenvalue weighted by Gasteiger charge is 2.44. The first-order valence-corrected chi connectivity index (χ1v) is 10.6. The van der Waals surface area contributed by atoms with Crippen molar-refractivity contribution < 1.29 is 27.9 Å². The van der Waals surface area contributed by atoms with Gasteiger partial charge in [-0.1, -0.05) is 6.07 Å². The number of benzene rings is 1. The summed E-state index contributed by atoms with van der Waals surface area (Å²) in [6.07, 6.45) is -1.05. The molecule has 9 heteroatoms. The van der Waals surface area contributed by atoms with Crippen LogP contribution >= 0.6 is 0 Å². The van der Waals surface area contributed by atoms with Crippen LogP contribution in [0.4, 0.5) is 0 Å². The Morgan fingerprint density at radius 2 is 1.93 bits per heavy atom. The van der Waals surface area contributed by atoms with Crippen molar-refractivity contribution in [2.24, 2.45) is 0 Å². The van der Waals surface area contributed by atoms with Crippen LogP contribution in [0.25, 0.3) is 0 Å². The minimum atomic E-state index is -4.00. The van der Waals surface area contributed by atoms with Gasteiger partial charge in [0.25, 0.3) is 5.91 Å². The normalized spacial score (nSPS) is 20.4. The summed E-state index contributed by atoms with van der Waals surface area (Å²) in [5, 5.41) is 9.98. The molecule has 0 bridgehead atoms. The Bertz CT molecular complexity index is 852. The Balaban J connectivity index is 2.18. The SMILES string of the molecule is Cc1ccc(S(=O)(=O)N2CC(O)C[C@H]2C(=O)OCC(=O)N(C)C(C)C)cc1C. The van der Waals surface area contributed by atoms with Crippen molar-refractivity contribution in [2.45, 2.75) is 57.2 Å². The van der Waals surface area contributed by atoms with Crippen LogP contribution < -0.4 is 0 Å². The molecule has 1 amide bonds. The van der Waals surface area contributed by atoms with Gasteiger partial charge >= 0.3 is 5.97 Å². The second-order valence-electron chi connectivity index (χ2n) is 7.43. The smallest absolute Gasteiger partial charge is 0.325 e. The summed E-state index contributed by atoms with van der Waals surface area (Å²) in [6.45, 7) is 6.65. The molecule has 8 nitrogen and oxygen atoms in total. The van der Waals surface area contributed by atoms with E-state index in [0.29, 0.717) is 0 Å². The fourth-order valence-electron chi connectivity index (χ4n) is 2.89. The van der Waals surface area contributed by atoms with E-state index in [1.807, 2.05) is 20.8 Å². The first-order valence-electron chi connectivity index (χ1n) is 9.14. The van der Waals surface area contributed by atoms with E-state index in [2.05, 4.69) is 0 Å². The highest BCUT2D eigenvalue weighted by molar-refractivity contribution is 7.89. The first-order chi connectivity index (χ1) is 12.9. The Morgan fingerprint density at radius 3 is 2.50 bits per heavy atom. The van der Waals surface area contributed by atoms with E-state index in [1.54, 1.807) is 26.1 Å². The molecule has 1 aliphatic heterocycles. The number of likely N-dealkylation sites (N-methyl/N-ethyl adjacent to an activating group) is 1. The third-order valence-electron chi connectivity index (χ3n) is 5.10. The standard InChI is InChI=1S/C19H28N2O6S/c1-12(2)20(5)18(23)11-27-19(24)17-9-15(22)10-21(17)28(25,26)16-7-6-13(3)14(4)8-16/h6-8,12,15,17,22H,9-11H2,1-5H3/t15?,17-/m0/s1. The van der Waals surface area contributed by atoms with Crippen molar-refractivity contribution in [2.75, 3.05) is 20.2 Å². The van der Waals surface area contributed by atoms with Gasteiger partial charge in [-0.2, -0.15) is 4.31 Å². The van der Waals surface area contributed by atoms with E-state index in [-0.39, 0.29) is 29.8 Å². The van der Waals surface area contributed by atoms with Gasteiger partial charge in [0, 0.05) is 26.1 Å². The number of aryl methyl sites for hydroxylation is 2. The fourth-order valence-corrected chi connectivity index (χ4v) is 4.60. The molecule has 1 saturated heterocycles. The predicted molar refractivity (Wildman–Crippen MR) is 103 cm³/mol. The Labute approximate surface area is 166 Å². The third-order valence-corrected chi connectivity index (χ3v) is 6.97. The molecule has 1 N–H and O–H groups in total. The van der Waals surface area contributed by atoms with Gasteiger partial charge in [0.2, 0.25) is 10.0 Å². The van der Waals surface area contributed by atoms with Crippen molar-refractivity contribution in [3.8, 4) is 0 Å². The summed E-state index contributed by atoms with van der Waals surface area (Å²) in [5.41, 5.74) is 1.76. The van der Waals surface area contributed by atoms with E-state index < -0.39 is 34.7 Å². The van der Waals surface area contributed by atoms with Crippen LogP contribution in [0.2, 0.25) is 0 Å². The summed E-state index contributed by atoms with van der Waals surface area (Å²) in [4.78, 5) is 26.0. The lowest BCUT2D eigenvalue weighted by Gasteiger charge is -2.24. The lowest BCUT2D eigenvalue weighted by atomic mass is 10.1. The van der Waals surface area contributed by atoms with E-state index in [1.165, 1.54) is 11.0 Å². The van der Waals surface area contributed by atoms with E-state index in [9.17, 15) is 23.1 Å². The Morgan fingerprint density at radius 1 is 1.29 bits per heavy atom. The summed E-state index contributed by atoms with van der Waals surface area (Å²) >= 11 is 0. The summed E-state index contributed by atoms with van der Waals surface area (Å²) in [6, 6.07) is 3.49. The Kier molecular flexibility index (Phi) is 6.84. The van der Waals surface area contributed by atoms with Crippen molar-refractivity contribution >= 4 is 21.9 Å². The maximum atomic E-state index is 13.0.